The van der Waals surface area contributed by atoms with Crippen molar-refractivity contribution in [1.29, 1.82) is 0 Å². The number of ether oxygens (including phenoxy) is 1. The molecule has 0 atom stereocenters. The Morgan fingerprint density at radius 3 is 2.40 bits per heavy atom. The lowest BCUT2D eigenvalue weighted by molar-refractivity contribution is 0.104. The summed E-state index contributed by atoms with van der Waals surface area (Å²) in [5, 5.41) is 0. The third-order valence-corrected chi connectivity index (χ3v) is 6.03. The van der Waals surface area contributed by atoms with Crippen molar-refractivity contribution in [3.05, 3.63) is 59.7 Å². The molecule has 0 aromatic heterocycles. The minimum atomic E-state index is -3.58. The van der Waals surface area contributed by atoms with Crippen molar-refractivity contribution in [2.45, 2.75) is 36.2 Å². The van der Waals surface area contributed by atoms with Crippen LogP contribution in [-0.2, 0) is 21.2 Å². The summed E-state index contributed by atoms with van der Waals surface area (Å²) in [6.07, 6.45) is 1.66. The number of sulfone groups is 1. The summed E-state index contributed by atoms with van der Waals surface area (Å²) in [5.74, 6) is 0. The number of likely N-dealkylation sites (tertiary alicyclic amines) is 1. The van der Waals surface area contributed by atoms with Gasteiger partial charge in [0.25, 0.3) is 0 Å². The van der Waals surface area contributed by atoms with Gasteiger partial charge >= 0.3 is 6.09 Å². The molecule has 0 bridgehead atoms. The van der Waals surface area contributed by atoms with E-state index in [0.29, 0.717) is 5.56 Å². The first-order valence-electron chi connectivity index (χ1n) is 8.29. The second-order valence-corrected chi connectivity index (χ2v) is 8.16. The van der Waals surface area contributed by atoms with Gasteiger partial charge in [-0.3, -0.25) is 0 Å². The summed E-state index contributed by atoms with van der Waals surface area (Å²) in [4.78, 5) is 14.1. The number of hydrogen-bond acceptors (Lipinski definition) is 4. The molecule has 1 amide bonds. The minimum absolute atomic E-state index is 0.0621. The first-order valence-corrected chi connectivity index (χ1v) is 9.77. The highest BCUT2D eigenvalue weighted by Gasteiger charge is 2.20. The van der Waals surface area contributed by atoms with Crippen LogP contribution in [0.4, 0.5) is 4.79 Å². The molecule has 0 unspecified atom stereocenters. The molecule has 1 saturated heterocycles. The largest absolute Gasteiger partial charge is 0.445 e. The summed E-state index contributed by atoms with van der Waals surface area (Å²) in [6.45, 7) is 3.42. The summed E-state index contributed by atoms with van der Waals surface area (Å²) < 4.78 is 30.8. The van der Waals surface area contributed by atoms with Crippen molar-refractivity contribution in [3.63, 3.8) is 0 Å². The van der Waals surface area contributed by atoms with Gasteiger partial charge in [-0.25, -0.2) is 13.2 Å². The molecule has 3 rings (SSSR count). The lowest BCUT2D eigenvalue weighted by atomic mass is 10.2. The number of rotatable bonds is 4. The molecule has 1 heterocycles. The quantitative estimate of drug-likeness (QED) is 0.837. The van der Waals surface area contributed by atoms with Crippen LogP contribution in [0.3, 0.4) is 0 Å². The van der Waals surface area contributed by atoms with Crippen LogP contribution in [0, 0.1) is 6.92 Å². The van der Waals surface area contributed by atoms with E-state index >= 15 is 0 Å². The molecule has 1 aliphatic rings. The van der Waals surface area contributed by atoms with E-state index in [1.165, 1.54) is 0 Å². The highest BCUT2D eigenvalue weighted by molar-refractivity contribution is 7.91. The zero-order valence-electron chi connectivity index (χ0n) is 14.1. The Kier molecular flexibility index (Phi) is 5.08. The van der Waals surface area contributed by atoms with Gasteiger partial charge < -0.3 is 9.64 Å². The second-order valence-electron chi connectivity index (χ2n) is 6.21. The van der Waals surface area contributed by atoms with Crippen LogP contribution < -0.4 is 0 Å². The predicted molar refractivity (Wildman–Crippen MR) is 94.1 cm³/mol. The SMILES string of the molecule is Cc1ccc(S(=O)(=O)c2cccc(COC(=O)N3CCCC3)c2)cc1. The first-order chi connectivity index (χ1) is 12.0. The molecule has 0 N–H and O–H groups in total. The molecular weight excluding hydrogens is 338 g/mol. The van der Waals surface area contributed by atoms with Gasteiger partial charge in [-0.05, 0) is 49.6 Å². The second kappa shape index (κ2) is 7.27. The van der Waals surface area contributed by atoms with E-state index in [1.54, 1.807) is 53.4 Å². The molecular formula is C19H21NO4S. The van der Waals surface area contributed by atoms with Gasteiger partial charge in [0.15, 0.2) is 0 Å². The van der Waals surface area contributed by atoms with E-state index in [4.69, 9.17) is 4.74 Å². The fourth-order valence-electron chi connectivity index (χ4n) is 2.79. The maximum Gasteiger partial charge on any atom is 0.410 e. The zero-order chi connectivity index (χ0) is 17.9. The maximum absolute atomic E-state index is 12.7. The third kappa shape index (κ3) is 4.02. The Labute approximate surface area is 148 Å². The van der Waals surface area contributed by atoms with Gasteiger partial charge in [0.05, 0.1) is 9.79 Å². The Bertz CT molecular complexity index is 853. The molecule has 0 aliphatic carbocycles. The summed E-state index contributed by atoms with van der Waals surface area (Å²) in [7, 11) is -3.58. The van der Waals surface area contributed by atoms with E-state index in [9.17, 15) is 13.2 Å². The summed E-state index contributed by atoms with van der Waals surface area (Å²) in [6, 6.07) is 13.3. The highest BCUT2D eigenvalue weighted by atomic mass is 32.2. The Morgan fingerprint density at radius 2 is 1.72 bits per heavy atom. The maximum atomic E-state index is 12.7. The molecule has 0 radical (unpaired) electrons. The van der Waals surface area contributed by atoms with Gasteiger partial charge in [0.1, 0.15) is 6.61 Å². The minimum Gasteiger partial charge on any atom is -0.445 e. The molecule has 2 aromatic carbocycles. The molecule has 1 fully saturated rings. The molecule has 132 valence electrons. The smallest absolute Gasteiger partial charge is 0.410 e. The lowest BCUT2D eigenvalue weighted by Crippen LogP contribution is -2.28. The van der Waals surface area contributed by atoms with Crippen molar-refractivity contribution < 1.29 is 17.9 Å². The van der Waals surface area contributed by atoms with Gasteiger partial charge in [-0.2, -0.15) is 0 Å². The number of nitrogens with zero attached hydrogens (tertiary/aromatic N) is 1. The van der Waals surface area contributed by atoms with E-state index in [0.717, 1.165) is 31.5 Å². The number of carbonyl (C=O) groups excluding carboxylic acids is 1. The highest BCUT2D eigenvalue weighted by Crippen LogP contribution is 2.22. The predicted octanol–water partition coefficient (Wildman–Crippen LogP) is 3.56. The Morgan fingerprint density at radius 1 is 1.04 bits per heavy atom. The number of carbonyl (C=O) groups is 1. The van der Waals surface area contributed by atoms with Crippen molar-refractivity contribution in [2.75, 3.05) is 13.1 Å². The Hall–Kier alpha value is -2.34. The summed E-state index contributed by atoms with van der Waals surface area (Å²) >= 11 is 0. The van der Waals surface area contributed by atoms with Crippen LogP contribution in [0.2, 0.25) is 0 Å². The molecule has 6 heteroatoms. The number of hydrogen-bond donors (Lipinski definition) is 0. The van der Waals surface area contributed by atoms with E-state index in [-0.39, 0.29) is 22.5 Å². The van der Waals surface area contributed by atoms with Crippen LogP contribution in [0.15, 0.2) is 58.3 Å². The monoisotopic (exact) mass is 359 g/mol. The van der Waals surface area contributed by atoms with Gasteiger partial charge in [0.2, 0.25) is 9.84 Å². The van der Waals surface area contributed by atoms with Crippen LogP contribution >= 0.6 is 0 Å². The molecule has 25 heavy (non-hydrogen) atoms. The van der Waals surface area contributed by atoms with E-state index < -0.39 is 9.84 Å². The molecule has 1 aliphatic heterocycles. The standard InChI is InChI=1S/C19H21NO4S/c1-15-7-9-17(10-8-15)25(22,23)18-6-4-5-16(13-18)14-24-19(21)20-11-2-3-12-20/h4-10,13H,2-3,11-12,14H2,1H3. The number of amides is 1. The van der Waals surface area contributed by atoms with E-state index in [2.05, 4.69) is 0 Å². The normalized spacial score (nSPS) is 14.5. The van der Waals surface area contributed by atoms with Crippen LogP contribution in [-0.4, -0.2) is 32.5 Å². The Balaban J connectivity index is 1.74. The number of benzene rings is 2. The first kappa shape index (κ1) is 17.5. The average Bonchev–Trinajstić information content (AvgIpc) is 3.15. The molecule has 0 spiro atoms. The lowest BCUT2D eigenvalue weighted by Gasteiger charge is -2.15. The van der Waals surface area contributed by atoms with Crippen molar-refractivity contribution in [2.24, 2.45) is 0 Å². The van der Waals surface area contributed by atoms with Crippen molar-refractivity contribution >= 4 is 15.9 Å². The van der Waals surface area contributed by atoms with Crippen molar-refractivity contribution in [3.8, 4) is 0 Å². The third-order valence-electron chi connectivity index (χ3n) is 4.27. The number of aryl methyl sites for hydroxylation is 1. The van der Waals surface area contributed by atoms with Crippen LogP contribution in [0.1, 0.15) is 24.0 Å². The average molecular weight is 359 g/mol. The van der Waals surface area contributed by atoms with Crippen LogP contribution in [0.5, 0.6) is 0 Å². The summed E-state index contributed by atoms with van der Waals surface area (Å²) in [5.41, 5.74) is 1.65. The molecule has 5 nitrogen and oxygen atoms in total. The molecule has 0 saturated carbocycles. The fourth-order valence-corrected chi connectivity index (χ4v) is 4.12. The fraction of sp³-hybridized carbons (Fsp3) is 0.316. The zero-order valence-corrected chi connectivity index (χ0v) is 15.0. The van der Waals surface area contributed by atoms with Gasteiger partial charge in [0, 0.05) is 13.1 Å². The van der Waals surface area contributed by atoms with Crippen molar-refractivity contribution in [1.82, 2.24) is 4.90 Å². The molecule has 2 aromatic rings. The topological polar surface area (TPSA) is 63.7 Å². The van der Waals surface area contributed by atoms with E-state index in [1.807, 2.05) is 6.92 Å². The van der Waals surface area contributed by atoms with Crippen LogP contribution in [0.25, 0.3) is 0 Å². The van der Waals surface area contributed by atoms with Gasteiger partial charge in [-0.15, -0.1) is 0 Å². The van der Waals surface area contributed by atoms with Gasteiger partial charge in [-0.1, -0.05) is 29.8 Å².